The molecule has 0 saturated heterocycles. The molecule has 0 amide bonds. The summed E-state index contributed by atoms with van der Waals surface area (Å²) in [5.41, 5.74) is 3.62. The molecule has 2 aromatic carbocycles. The van der Waals surface area contributed by atoms with Crippen molar-refractivity contribution in [3.63, 3.8) is 0 Å². The fraction of sp³-hybridized carbons (Fsp3) is 0.250. The summed E-state index contributed by atoms with van der Waals surface area (Å²) in [5, 5.41) is 3.43. The second-order valence-electron chi connectivity index (χ2n) is 4.70. The van der Waals surface area contributed by atoms with E-state index in [-0.39, 0.29) is 6.10 Å². The molecule has 0 spiro atoms. The maximum atomic E-state index is 6.11. The van der Waals surface area contributed by atoms with Gasteiger partial charge in [-0.05, 0) is 45.6 Å². The number of nitrogens with one attached hydrogen (secondary N) is 1. The average molecular weight is 318 g/mol. The van der Waals surface area contributed by atoms with E-state index < -0.39 is 0 Å². The Morgan fingerprint density at radius 3 is 2.74 bits per heavy atom. The second kappa shape index (κ2) is 5.25. The minimum absolute atomic E-state index is 0.0668. The molecule has 1 heterocycles. The molecule has 19 heavy (non-hydrogen) atoms. The third kappa shape index (κ3) is 2.47. The molecule has 0 bridgehead atoms. The summed E-state index contributed by atoms with van der Waals surface area (Å²) >= 11 is 3.54. The molecule has 1 atom stereocenters. The van der Waals surface area contributed by atoms with Gasteiger partial charge in [-0.2, -0.15) is 0 Å². The summed E-state index contributed by atoms with van der Waals surface area (Å²) in [4.78, 5) is 0. The largest absolute Gasteiger partial charge is 0.481 e. The summed E-state index contributed by atoms with van der Waals surface area (Å²) in [7, 11) is 0. The molecule has 1 N–H and O–H groups in total. The predicted octanol–water partition coefficient (Wildman–Crippen LogP) is 4.56. The van der Waals surface area contributed by atoms with E-state index in [1.165, 1.54) is 11.1 Å². The van der Waals surface area contributed by atoms with Crippen LogP contribution in [0.1, 0.15) is 24.2 Å². The lowest BCUT2D eigenvalue weighted by Crippen LogP contribution is -2.23. The van der Waals surface area contributed by atoms with Crippen molar-refractivity contribution in [1.82, 2.24) is 0 Å². The van der Waals surface area contributed by atoms with Crippen LogP contribution in [0.3, 0.4) is 0 Å². The highest BCUT2D eigenvalue weighted by Crippen LogP contribution is 2.39. The van der Waals surface area contributed by atoms with Crippen LogP contribution in [0.15, 0.2) is 46.9 Å². The Balaban J connectivity index is 1.86. The lowest BCUT2D eigenvalue weighted by atomic mass is 10.0. The van der Waals surface area contributed by atoms with E-state index in [0.29, 0.717) is 0 Å². The van der Waals surface area contributed by atoms with Gasteiger partial charge < -0.3 is 10.1 Å². The quantitative estimate of drug-likeness (QED) is 0.876. The van der Waals surface area contributed by atoms with E-state index in [0.717, 1.165) is 28.9 Å². The third-order valence-electron chi connectivity index (χ3n) is 3.46. The van der Waals surface area contributed by atoms with Crippen LogP contribution in [-0.2, 0) is 6.42 Å². The van der Waals surface area contributed by atoms with Crippen LogP contribution in [0.4, 0.5) is 5.69 Å². The monoisotopic (exact) mass is 317 g/mol. The molecule has 2 nitrogen and oxygen atoms in total. The normalized spacial score (nSPS) is 17.3. The summed E-state index contributed by atoms with van der Waals surface area (Å²) in [6.45, 7) is 2.97. The van der Waals surface area contributed by atoms with Gasteiger partial charge in [-0.1, -0.05) is 37.3 Å². The maximum absolute atomic E-state index is 6.11. The standard InChI is InChI=1S/C16H16BrNO/c1-2-11-6-8-12(9-7-11)15-10-18-14-5-3-4-13(17)16(14)19-15/h3-9,15,18H,2,10H2,1H3. The van der Waals surface area contributed by atoms with Crippen molar-refractivity contribution >= 4 is 21.6 Å². The molecule has 0 saturated carbocycles. The lowest BCUT2D eigenvalue weighted by molar-refractivity contribution is 0.209. The molecule has 1 aliphatic rings. The highest BCUT2D eigenvalue weighted by atomic mass is 79.9. The zero-order valence-electron chi connectivity index (χ0n) is 10.8. The first-order chi connectivity index (χ1) is 9.28. The Morgan fingerprint density at radius 1 is 1.21 bits per heavy atom. The number of fused-ring (bicyclic) bond motifs is 1. The number of aryl methyl sites for hydroxylation is 1. The van der Waals surface area contributed by atoms with E-state index in [9.17, 15) is 0 Å². The van der Waals surface area contributed by atoms with Crippen molar-refractivity contribution in [2.75, 3.05) is 11.9 Å². The number of hydrogen-bond donors (Lipinski definition) is 1. The molecule has 3 heteroatoms. The molecule has 1 unspecified atom stereocenters. The lowest BCUT2D eigenvalue weighted by Gasteiger charge is -2.28. The minimum Gasteiger partial charge on any atom is -0.481 e. The molecule has 0 radical (unpaired) electrons. The van der Waals surface area contributed by atoms with Gasteiger partial charge in [-0.25, -0.2) is 0 Å². The zero-order chi connectivity index (χ0) is 13.2. The number of halogens is 1. The van der Waals surface area contributed by atoms with Gasteiger partial charge in [-0.15, -0.1) is 0 Å². The SMILES string of the molecule is CCc1ccc(C2CNc3cccc(Br)c3O2)cc1. The van der Waals surface area contributed by atoms with Crippen molar-refractivity contribution in [3.8, 4) is 5.75 Å². The van der Waals surface area contributed by atoms with E-state index in [2.05, 4.69) is 52.4 Å². The molecule has 2 aromatic rings. The van der Waals surface area contributed by atoms with Crippen LogP contribution in [-0.4, -0.2) is 6.54 Å². The first-order valence-electron chi connectivity index (χ1n) is 6.56. The smallest absolute Gasteiger partial charge is 0.157 e. The summed E-state index contributed by atoms with van der Waals surface area (Å²) in [6, 6.07) is 14.7. The van der Waals surface area contributed by atoms with Crippen molar-refractivity contribution in [1.29, 1.82) is 0 Å². The van der Waals surface area contributed by atoms with E-state index in [4.69, 9.17) is 4.74 Å². The van der Waals surface area contributed by atoms with Crippen LogP contribution >= 0.6 is 15.9 Å². The first-order valence-corrected chi connectivity index (χ1v) is 7.35. The number of para-hydroxylation sites is 1. The van der Waals surface area contributed by atoms with E-state index in [1.807, 2.05) is 18.2 Å². The van der Waals surface area contributed by atoms with Gasteiger partial charge in [0.1, 0.15) is 6.10 Å². The van der Waals surface area contributed by atoms with Crippen molar-refractivity contribution < 1.29 is 4.74 Å². The van der Waals surface area contributed by atoms with Crippen LogP contribution in [0, 0.1) is 0 Å². The maximum Gasteiger partial charge on any atom is 0.157 e. The summed E-state index contributed by atoms with van der Waals surface area (Å²) in [6.07, 6.45) is 1.13. The molecule has 98 valence electrons. The van der Waals surface area contributed by atoms with Crippen LogP contribution in [0.5, 0.6) is 5.75 Å². The molecular formula is C16H16BrNO. The van der Waals surface area contributed by atoms with E-state index >= 15 is 0 Å². The molecule has 0 aromatic heterocycles. The topological polar surface area (TPSA) is 21.3 Å². The zero-order valence-corrected chi connectivity index (χ0v) is 12.4. The number of hydrogen-bond acceptors (Lipinski definition) is 2. The number of benzene rings is 2. The number of rotatable bonds is 2. The highest BCUT2D eigenvalue weighted by molar-refractivity contribution is 9.10. The van der Waals surface area contributed by atoms with Crippen molar-refractivity contribution in [3.05, 3.63) is 58.1 Å². The molecule has 3 rings (SSSR count). The fourth-order valence-corrected chi connectivity index (χ4v) is 2.77. The van der Waals surface area contributed by atoms with Gasteiger partial charge >= 0.3 is 0 Å². The molecule has 0 aliphatic carbocycles. The van der Waals surface area contributed by atoms with Crippen LogP contribution < -0.4 is 10.1 Å². The Morgan fingerprint density at radius 2 is 2.00 bits per heavy atom. The average Bonchev–Trinajstić information content (AvgIpc) is 2.47. The van der Waals surface area contributed by atoms with Crippen molar-refractivity contribution in [2.24, 2.45) is 0 Å². The summed E-state index contributed by atoms with van der Waals surface area (Å²) in [5.74, 6) is 0.901. The number of ether oxygens (including phenoxy) is 1. The third-order valence-corrected chi connectivity index (χ3v) is 4.09. The predicted molar refractivity (Wildman–Crippen MR) is 81.8 cm³/mol. The highest BCUT2D eigenvalue weighted by Gasteiger charge is 2.22. The molecule has 1 aliphatic heterocycles. The fourth-order valence-electron chi connectivity index (χ4n) is 2.31. The van der Waals surface area contributed by atoms with Gasteiger partial charge in [0.05, 0.1) is 16.7 Å². The van der Waals surface area contributed by atoms with Gasteiger partial charge in [0.25, 0.3) is 0 Å². The van der Waals surface area contributed by atoms with Crippen LogP contribution in [0.25, 0.3) is 0 Å². The minimum atomic E-state index is 0.0668. The Hall–Kier alpha value is -1.48. The van der Waals surface area contributed by atoms with E-state index in [1.54, 1.807) is 0 Å². The van der Waals surface area contributed by atoms with Gasteiger partial charge in [0.15, 0.2) is 5.75 Å². The van der Waals surface area contributed by atoms with Gasteiger partial charge in [-0.3, -0.25) is 0 Å². The second-order valence-corrected chi connectivity index (χ2v) is 5.55. The summed E-state index contributed by atoms with van der Waals surface area (Å²) < 4.78 is 7.11. The Labute approximate surface area is 121 Å². The van der Waals surface area contributed by atoms with Crippen molar-refractivity contribution in [2.45, 2.75) is 19.4 Å². The van der Waals surface area contributed by atoms with Gasteiger partial charge in [0.2, 0.25) is 0 Å². The first kappa shape index (κ1) is 12.5. The van der Waals surface area contributed by atoms with Gasteiger partial charge in [0, 0.05) is 0 Å². The Bertz CT molecular complexity index is 580. The number of anilines is 1. The molecule has 0 fully saturated rings. The van der Waals surface area contributed by atoms with Crippen LogP contribution in [0.2, 0.25) is 0 Å². The Kier molecular flexibility index (Phi) is 3.47. The molecular weight excluding hydrogens is 302 g/mol.